The maximum atomic E-state index is 12.8. The number of nitrogens with zero attached hydrogens (tertiary/aromatic N) is 1. The standard InChI is InChI=1S/C12H15FN2O/c1-2-16-7-3-6-15-12-5-4-11(13)8-10(12)9-14/h4-5,8,15H,2-3,6-7H2,1H3. The molecule has 1 aromatic rings. The molecule has 0 aliphatic heterocycles. The number of hydrogen-bond acceptors (Lipinski definition) is 3. The summed E-state index contributed by atoms with van der Waals surface area (Å²) in [5.74, 6) is -0.392. The van der Waals surface area contributed by atoms with E-state index in [1.807, 2.05) is 13.0 Å². The minimum absolute atomic E-state index is 0.330. The second-order valence-corrected chi connectivity index (χ2v) is 3.28. The highest BCUT2D eigenvalue weighted by molar-refractivity contribution is 5.57. The van der Waals surface area contributed by atoms with Gasteiger partial charge in [-0.05, 0) is 31.5 Å². The van der Waals surface area contributed by atoms with Gasteiger partial charge in [0.15, 0.2) is 0 Å². The van der Waals surface area contributed by atoms with Crippen molar-refractivity contribution in [2.75, 3.05) is 25.1 Å². The Labute approximate surface area is 94.8 Å². The molecule has 3 nitrogen and oxygen atoms in total. The van der Waals surface area contributed by atoms with E-state index in [0.717, 1.165) is 6.42 Å². The number of benzene rings is 1. The normalized spacial score (nSPS) is 9.81. The molecule has 0 bridgehead atoms. The van der Waals surface area contributed by atoms with E-state index < -0.39 is 5.82 Å². The number of anilines is 1. The van der Waals surface area contributed by atoms with Crippen molar-refractivity contribution in [2.45, 2.75) is 13.3 Å². The Kier molecular flexibility index (Phi) is 5.30. The van der Waals surface area contributed by atoms with Crippen molar-refractivity contribution in [3.8, 4) is 6.07 Å². The summed E-state index contributed by atoms with van der Waals surface area (Å²) < 4.78 is 18.0. The van der Waals surface area contributed by atoms with Crippen LogP contribution in [0, 0.1) is 17.1 Å². The molecule has 0 saturated carbocycles. The van der Waals surface area contributed by atoms with Gasteiger partial charge in [-0.1, -0.05) is 0 Å². The van der Waals surface area contributed by atoms with Crippen molar-refractivity contribution in [2.24, 2.45) is 0 Å². The Morgan fingerprint density at radius 3 is 3.00 bits per heavy atom. The summed E-state index contributed by atoms with van der Waals surface area (Å²) >= 11 is 0. The molecule has 0 unspecified atom stereocenters. The lowest BCUT2D eigenvalue weighted by molar-refractivity contribution is 0.147. The van der Waals surface area contributed by atoms with Crippen molar-refractivity contribution < 1.29 is 9.13 Å². The highest BCUT2D eigenvalue weighted by Crippen LogP contribution is 2.15. The number of halogens is 1. The lowest BCUT2D eigenvalue weighted by Gasteiger charge is -2.07. The van der Waals surface area contributed by atoms with Gasteiger partial charge in [0.05, 0.1) is 11.3 Å². The van der Waals surface area contributed by atoms with Gasteiger partial charge in [0.25, 0.3) is 0 Å². The van der Waals surface area contributed by atoms with Crippen molar-refractivity contribution in [1.82, 2.24) is 0 Å². The Hall–Kier alpha value is -1.60. The molecule has 0 fully saturated rings. The number of rotatable bonds is 6. The van der Waals surface area contributed by atoms with Crippen LogP contribution in [0.1, 0.15) is 18.9 Å². The first-order chi connectivity index (χ1) is 7.77. The monoisotopic (exact) mass is 222 g/mol. The molecule has 0 aliphatic rings. The molecule has 0 radical (unpaired) electrons. The fourth-order valence-electron chi connectivity index (χ4n) is 1.30. The van der Waals surface area contributed by atoms with E-state index in [1.165, 1.54) is 12.1 Å². The summed E-state index contributed by atoms with van der Waals surface area (Å²) in [5, 5.41) is 11.9. The summed E-state index contributed by atoms with van der Waals surface area (Å²) in [6.07, 6.45) is 0.857. The highest BCUT2D eigenvalue weighted by Gasteiger charge is 2.02. The van der Waals surface area contributed by atoms with E-state index in [9.17, 15) is 4.39 Å². The van der Waals surface area contributed by atoms with Crippen LogP contribution in [0.5, 0.6) is 0 Å². The van der Waals surface area contributed by atoms with Crippen molar-refractivity contribution in [3.63, 3.8) is 0 Å². The number of nitrogens with one attached hydrogen (secondary N) is 1. The minimum Gasteiger partial charge on any atom is -0.384 e. The van der Waals surface area contributed by atoms with Gasteiger partial charge in [-0.15, -0.1) is 0 Å². The predicted octanol–water partition coefficient (Wildman–Crippen LogP) is 2.54. The van der Waals surface area contributed by atoms with Gasteiger partial charge in [-0.3, -0.25) is 0 Å². The van der Waals surface area contributed by atoms with Crippen LogP contribution in [-0.2, 0) is 4.74 Å². The second-order valence-electron chi connectivity index (χ2n) is 3.28. The predicted molar refractivity (Wildman–Crippen MR) is 60.7 cm³/mol. The average molecular weight is 222 g/mol. The van der Waals surface area contributed by atoms with E-state index >= 15 is 0 Å². The average Bonchev–Trinajstić information content (AvgIpc) is 2.30. The van der Waals surface area contributed by atoms with Crippen LogP contribution < -0.4 is 5.32 Å². The van der Waals surface area contributed by atoms with Gasteiger partial charge in [0.1, 0.15) is 11.9 Å². The highest BCUT2D eigenvalue weighted by atomic mass is 19.1. The van der Waals surface area contributed by atoms with Crippen LogP contribution in [0.15, 0.2) is 18.2 Å². The Morgan fingerprint density at radius 1 is 1.50 bits per heavy atom. The molecule has 1 aromatic carbocycles. The molecule has 0 aromatic heterocycles. The Bertz CT molecular complexity index is 374. The molecule has 0 aliphatic carbocycles. The molecule has 4 heteroatoms. The number of nitriles is 1. The van der Waals surface area contributed by atoms with Gasteiger partial charge in [-0.25, -0.2) is 4.39 Å². The van der Waals surface area contributed by atoms with Gasteiger partial charge >= 0.3 is 0 Å². The Morgan fingerprint density at radius 2 is 2.31 bits per heavy atom. The first-order valence-electron chi connectivity index (χ1n) is 5.29. The first kappa shape index (κ1) is 12.5. The minimum atomic E-state index is -0.392. The molecule has 1 rings (SSSR count). The maximum absolute atomic E-state index is 12.8. The van der Waals surface area contributed by atoms with Gasteiger partial charge < -0.3 is 10.1 Å². The first-order valence-corrected chi connectivity index (χ1v) is 5.29. The summed E-state index contributed by atoms with van der Waals surface area (Å²) in [7, 11) is 0. The third kappa shape index (κ3) is 3.87. The Balaban J connectivity index is 2.45. The molecule has 0 heterocycles. The summed E-state index contributed by atoms with van der Waals surface area (Å²) in [6.45, 7) is 4.05. The van der Waals surface area contributed by atoms with E-state index in [0.29, 0.717) is 31.0 Å². The number of hydrogen-bond donors (Lipinski definition) is 1. The summed E-state index contributed by atoms with van der Waals surface area (Å²) in [6, 6.07) is 6.10. The molecule has 0 amide bonds. The number of ether oxygens (including phenoxy) is 1. The summed E-state index contributed by atoms with van der Waals surface area (Å²) in [5.41, 5.74) is 0.997. The maximum Gasteiger partial charge on any atom is 0.124 e. The van der Waals surface area contributed by atoms with Crippen LogP contribution in [0.2, 0.25) is 0 Å². The zero-order valence-corrected chi connectivity index (χ0v) is 9.29. The molecular weight excluding hydrogens is 207 g/mol. The topological polar surface area (TPSA) is 45.0 Å². The molecular formula is C12H15FN2O. The van der Waals surface area contributed by atoms with Crippen LogP contribution >= 0.6 is 0 Å². The fraction of sp³-hybridized carbons (Fsp3) is 0.417. The SMILES string of the molecule is CCOCCCNc1ccc(F)cc1C#N. The molecule has 0 saturated heterocycles. The quantitative estimate of drug-likeness (QED) is 0.752. The van der Waals surface area contributed by atoms with Crippen LogP contribution in [0.4, 0.5) is 10.1 Å². The van der Waals surface area contributed by atoms with Gasteiger partial charge in [0.2, 0.25) is 0 Å². The van der Waals surface area contributed by atoms with E-state index in [1.54, 1.807) is 6.07 Å². The summed E-state index contributed by atoms with van der Waals surface area (Å²) in [4.78, 5) is 0. The van der Waals surface area contributed by atoms with Crippen LogP contribution in [0.3, 0.4) is 0 Å². The lowest BCUT2D eigenvalue weighted by Crippen LogP contribution is -2.06. The van der Waals surface area contributed by atoms with Crippen molar-refractivity contribution in [3.05, 3.63) is 29.6 Å². The van der Waals surface area contributed by atoms with Gasteiger partial charge in [-0.2, -0.15) is 5.26 Å². The molecule has 0 spiro atoms. The lowest BCUT2D eigenvalue weighted by atomic mass is 10.2. The third-order valence-corrected chi connectivity index (χ3v) is 2.09. The molecule has 0 atom stereocenters. The zero-order chi connectivity index (χ0) is 11.8. The second kappa shape index (κ2) is 6.81. The zero-order valence-electron chi connectivity index (χ0n) is 9.29. The largest absolute Gasteiger partial charge is 0.384 e. The molecule has 1 N–H and O–H groups in total. The molecule has 16 heavy (non-hydrogen) atoms. The smallest absolute Gasteiger partial charge is 0.124 e. The van der Waals surface area contributed by atoms with E-state index in [-0.39, 0.29) is 0 Å². The van der Waals surface area contributed by atoms with Crippen molar-refractivity contribution >= 4 is 5.69 Å². The van der Waals surface area contributed by atoms with Gasteiger partial charge in [0, 0.05) is 19.8 Å². The van der Waals surface area contributed by atoms with Crippen molar-refractivity contribution in [1.29, 1.82) is 5.26 Å². The molecule has 86 valence electrons. The van der Waals surface area contributed by atoms with Crippen LogP contribution in [0.25, 0.3) is 0 Å². The van der Waals surface area contributed by atoms with E-state index in [4.69, 9.17) is 10.00 Å². The van der Waals surface area contributed by atoms with E-state index in [2.05, 4.69) is 5.32 Å². The van der Waals surface area contributed by atoms with Crippen LogP contribution in [-0.4, -0.2) is 19.8 Å². The third-order valence-electron chi connectivity index (χ3n) is 2.09. The fourth-order valence-corrected chi connectivity index (χ4v) is 1.30.